The maximum Gasteiger partial charge on any atom is 0.134 e. The minimum Gasteiger partial charge on any atom is -0.496 e. The molecular weight excluding hydrogens is 184 g/mol. The van der Waals surface area contributed by atoms with Gasteiger partial charge in [-0.05, 0) is 11.4 Å². The standard InChI is InChI=1S/C9H12N2OS/c1-3-4-7(11-10)9-8(12-2)5-6-13-9/h1,5-7,11H,4,10H2,2H3. The summed E-state index contributed by atoms with van der Waals surface area (Å²) in [4.78, 5) is 1.04. The molecule has 0 radical (unpaired) electrons. The van der Waals surface area contributed by atoms with Crippen LogP contribution < -0.4 is 16.0 Å². The summed E-state index contributed by atoms with van der Waals surface area (Å²) in [6.45, 7) is 0. The molecule has 0 amide bonds. The van der Waals surface area contributed by atoms with Crippen molar-refractivity contribution in [3.8, 4) is 18.1 Å². The molecule has 0 saturated carbocycles. The molecule has 1 heterocycles. The minimum absolute atomic E-state index is 0.0139. The topological polar surface area (TPSA) is 47.3 Å². The van der Waals surface area contributed by atoms with Crippen LogP contribution in [0.5, 0.6) is 5.75 Å². The molecule has 0 fully saturated rings. The van der Waals surface area contributed by atoms with Gasteiger partial charge in [-0.15, -0.1) is 23.7 Å². The number of methoxy groups -OCH3 is 1. The quantitative estimate of drug-likeness (QED) is 0.433. The lowest BCUT2D eigenvalue weighted by atomic mass is 10.2. The van der Waals surface area contributed by atoms with E-state index in [1.54, 1.807) is 18.4 Å². The fraction of sp³-hybridized carbons (Fsp3) is 0.333. The van der Waals surface area contributed by atoms with Crippen molar-refractivity contribution in [3.63, 3.8) is 0 Å². The third-order valence-electron chi connectivity index (χ3n) is 1.72. The lowest BCUT2D eigenvalue weighted by Gasteiger charge is -2.12. The number of hydrogen-bond donors (Lipinski definition) is 2. The van der Waals surface area contributed by atoms with Gasteiger partial charge in [0, 0.05) is 6.42 Å². The molecule has 3 N–H and O–H groups in total. The van der Waals surface area contributed by atoms with Crippen LogP contribution in [-0.4, -0.2) is 7.11 Å². The van der Waals surface area contributed by atoms with E-state index in [1.165, 1.54) is 0 Å². The molecule has 13 heavy (non-hydrogen) atoms. The molecular formula is C9H12N2OS. The molecule has 1 aromatic rings. The summed E-state index contributed by atoms with van der Waals surface area (Å²) >= 11 is 1.58. The van der Waals surface area contributed by atoms with E-state index >= 15 is 0 Å². The average molecular weight is 196 g/mol. The molecule has 70 valence electrons. The average Bonchev–Trinajstić information content (AvgIpc) is 2.61. The minimum atomic E-state index is -0.0139. The summed E-state index contributed by atoms with van der Waals surface area (Å²) in [5.41, 5.74) is 2.67. The van der Waals surface area contributed by atoms with Crippen molar-refractivity contribution < 1.29 is 4.74 Å². The maximum absolute atomic E-state index is 5.38. The third-order valence-corrected chi connectivity index (χ3v) is 2.73. The highest BCUT2D eigenvalue weighted by molar-refractivity contribution is 7.10. The van der Waals surface area contributed by atoms with Gasteiger partial charge >= 0.3 is 0 Å². The Hall–Kier alpha value is -1.02. The Balaban J connectivity index is 2.84. The number of nitrogens with two attached hydrogens (primary N) is 1. The van der Waals surface area contributed by atoms with Crippen molar-refractivity contribution in [1.82, 2.24) is 5.43 Å². The van der Waals surface area contributed by atoms with Gasteiger partial charge in [0.2, 0.25) is 0 Å². The SMILES string of the molecule is C#CCC(NN)c1sccc1OC. The highest BCUT2D eigenvalue weighted by Crippen LogP contribution is 2.31. The fourth-order valence-electron chi connectivity index (χ4n) is 1.08. The first-order valence-corrected chi connectivity index (χ1v) is 4.72. The zero-order valence-electron chi connectivity index (χ0n) is 7.41. The van der Waals surface area contributed by atoms with Gasteiger partial charge in [-0.2, -0.15) is 0 Å². The first-order valence-electron chi connectivity index (χ1n) is 3.84. The predicted molar refractivity (Wildman–Crippen MR) is 54.4 cm³/mol. The van der Waals surface area contributed by atoms with E-state index in [-0.39, 0.29) is 6.04 Å². The Bertz CT molecular complexity index is 303. The number of hydrogen-bond acceptors (Lipinski definition) is 4. The number of hydrazine groups is 1. The molecule has 0 aliphatic heterocycles. The Morgan fingerprint density at radius 1 is 1.85 bits per heavy atom. The van der Waals surface area contributed by atoms with Gasteiger partial charge < -0.3 is 4.74 Å². The van der Waals surface area contributed by atoms with Crippen molar-refractivity contribution >= 4 is 11.3 Å². The summed E-state index contributed by atoms with van der Waals surface area (Å²) in [5.74, 6) is 8.78. The fourth-order valence-corrected chi connectivity index (χ4v) is 2.00. The van der Waals surface area contributed by atoms with Gasteiger partial charge in [0.1, 0.15) is 5.75 Å². The number of ether oxygens (including phenoxy) is 1. The van der Waals surface area contributed by atoms with E-state index in [9.17, 15) is 0 Å². The summed E-state index contributed by atoms with van der Waals surface area (Å²) in [5, 5.41) is 1.95. The molecule has 4 heteroatoms. The van der Waals surface area contributed by atoms with Crippen LogP contribution >= 0.6 is 11.3 Å². The van der Waals surface area contributed by atoms with Gasteiger partial charge in [0.05, 0.1) is 18.0 Å². The second-order valence-electron chi connectivity index (χ2n) is 2.48. The van der Waals surface area contributed by atoms with Crippen molar-refractivity contribution in [2.75, 3.05) is 7.11 Å². The maximum atomic E-state index is 5.38. The van der Waals surface area contributed by atoms with E-state index < -0.39 is 0 Å². The van der Waals surface area contributed by atoms with Crippen LogP contribution in [0.15, 0.2) is 11.4 Å². The van der Waals surface area contributed by atoms with Gasteiger partial charge in [0.15, 0.2) is 0 Å². The van der Waals surface area contributed by atoms with Crippen LogP contribution in [0.1, 0.15) is 17.3 Å². The lowest BCUT2D eigenvalue weighted by molar-refractivity contribution is 0.404. The number of nitrogens with one attached hydrogen (secondary N) is 1. The van der Waals surface area contributed by atoms with Crippen LogP contribution in [0.3, 0.4) is 0 Å². The molecule has 0 spiro atoms. The number of terminal acetylenes is 1. The van der Waals surface area contributed by atoms with E-state index in [0.29, 0.717) is 6.42 Å². The lowest BCUT2D eigenvalue weighted by Crippen LogP contribution is -2.27. The first kappa shape index (κ1) is 10.1. The highest BCUT2D eigenvalue weighted by atomic mass is 32.1. The van der Waals surface area contributed by atoms with E-state index in [0.717, 1.165) is 10.6 Å². The van der Waals surface area contributed by atoms with Gasteiger partial charge in [-0.3, -0.25) is 11.3 Å². The highest BCUT2D eigenvalue weighted by Gasteiger charge is 2.14. The van der Waals surface area contributed by atoms with Crippen LogP contribution in [0, 0.1) is 12.3 Å². The second-order valence-corrected chi connectivity index (χ2v) is 3.43. The Morgan fingerprint density at radius 2 is 2.62 bits per heavy atom. The number of thiophene rings is 1. The molecule has 1 atom stereocenters. The first-order chi connectivity index (χ1) is 6.33. The van der Waals surface area contributed by atoms with Crippen molar-refractivity contribution in [3.05, 3.63) is 16.3 Å². The van der Waals surface area contributed by atoms with Crippen molar-refractivity contribution in [2.45, 2.75) is 12.5 Å². The molecule has 3 nitrogen and oxygen atoms in total. The molecule has 0 saturated heterocycles. The summed E-state index contributed by atoms with van der Waals surface area (Å²) in [6.07, 6.45) is 5.78. The Labute approximate surface area is 81.9 Å². The zero-order chi connectivity index (χ0) is 9.68. The normalized spacial score (nSPS) is 12.1. The van der Waals surface area contributed by atoms with E-state index in [4.69, 9.17) is 17.0 Å². The van der Waals surface area contributed by atoms with Gasteiger partial charge in [-0.1, -0.05) is 0 Å². The van der Waals surface area contributed by atoms with Crippen LogP contribution in [-0.2, 0) is 0 Å². The molecule has 0 bridgehead atoms. The van der Waals surface area contributed by atoms with E-state index in [2.05, 4.69) is 11.3 Å². The zero-order valence-corrected chi connectivity index (χ0v) is 8.23. The van der Waals surface area contributed by atoms with Gasteiger partial charge in [-0.25, -0.2) is 0 Å². The Kier molecular flexibility index (Phi) is 3.77. The molecule has 0 aliphatic carbocycles. The van der Waals surface area contributed by atoms with E-state index in [1.807, 2.05) is 11.4 Å². The summed E-state index contributed by atoms with van der Waals surface area (Å²) < 4.78 is 5.16. The van der Waals surface area contributed by atoms with Gasteiger partial charge in [0.25, 0.3) is 0 Å². The largest absolute Gasteiger partial charge is 0.496 e. The molecule has 0 aliphatic rings. The molecule has 1 aromatic heterocycles. The number of rotatable bonds is 4. The molecule has 1 unspecified atom stereocenters. The summed E-state index contributed by atoms with van der Waals surface area (Å²) in [6, 6.07) is 1.89. The monoisotopic (exact) mass is 196 g/mol. The Morgan fingerprint density at radius 3 is 3.15 bits per heavy atom. The van der Waals surface area contributed by atoms with Crippen LogP contribution in [0.25, 0.3) is 0 Å². The molecule has 1 rings (SSSR count). The predicted octanol–water partition coefficient (Wildman–Crippen LogP) is 1.28. The molecule has 0 aromatic carbocycles. The third kappa shape index (κ3) is 2.22. The summed E-state index contributed by atoms with van der Waals surface area (Å²) in [7, 11) is 1.63. The van der Waals surface area contributed by atoms with Crippen LogP contribution in [0.4, 0.5) is 0 Å². The van der Waals surface area contributed by atoms with Crippen molar-refractivity contribution in [1.29, 1.82) is 0 Å². The second kappa shape index (κ2) is 4.87. The van der Waals surface area contributed by atoms with Crippen molar-refractivity contribution in [2.24, 2.45) is 5.84 Å². The smallest absolute Gasteiger partial charge is 0.134 e. The van der Waals surface area contributed by atoms with Crippen LogP contribution in [0.2, 0.25) is 0 Å².